The van der Waals surface area contributed by atoms with Crippen LogP contribution in [0.15, 0.2) is 30.3 Å². The van der Waals surface area contributed by atoms with Gasteiger partial charge in [-0.15, -0.1) is 0 Å². The van der Waals surface area contributed by atoms with Crippen molar-refractivity contribution < 1.29 is 9.84 Å². The minimum Gasteiger partial charge on any atom is -0.465 e. The van der Waals surface area contributed by atoms with Gasteiger partial charge in [0.2, 0.25) is 0 Å². The van der Waals surface area contributed by atoms with Gasteiger partial charge in [0.25, 0.3) is 0 Å². The molecule has 0 aliphatic heterocycles. The number of rotatable bonds is 2. The van der Waals surface area contributed by atoms with Crippen molar-refractivity contribution in [2.75, 3.05) is 0 Å². The lowest BCUT2D eigenvalue weighted by Gasteiger charge is -2.06. The molecule has 68 valence electrons. The number of aliphatic hydroxyl groups excluding tert-OH is 1. The molecule has 1 unspecified atom stereocenters. The summed E-state index contributed by atoms with van der Waals surface area (Å²) in [6, 6.07) is 9.21. The van der Waals surface area contributed by atoms with Crippen LogP contribution in [0.1, 0.15) is 20.8 Å². The molecule has 0 aromatic heterocycles. The SMILES string of the molecule is CC.CC(O)Oc1ccccc1. The molecule has 0 heterocycles. The van der Waals surface area contributed by atoms with Gasteiger partial charge in [0.15, 0.2) is 6.29 Å². The maximum absolute atomic E-state index is 8.78. The van der Waals surface area contributed by atoms with Gasteiger partial charge in [0.1, 0.15) is 5.75 Å². The predicted octanol–water partition coefficient (Wildman–Crippen LogP) is 2.43. The third kappa shape index (κ3) is 4.74. The van der Waals surface area contributed by atoms with E-state index in [0.717, 1.165) is 0 Å². The van der Waals surface area contributed by atoms with E-state index in [1.54, 1.807) is 19.1 Å². The zero-order chi connectivity index (χ0) is 9.40. The van der Waals surface area contributed by atoms with Gasteiger partial charge >= 0.3 is 0 Å². The first-order valence-electron chi connectivity index (χ1n) is 4.19. The van der Waals surface area contributed by atoms with Crippen LogP contribution in [0, 0.1) is 0 Å². The fraction of sp³-hybridized carbons (Fsp3) is 0.400. The van der Waals surface area contributed by atoms with E-state index in [1.165, 1.54) is 0 Å². The number of hydrogen-bond acceptors (Lipinski definition) is 2. The van der Waals surface area contributed by atoms with Crippen molar-refractivity contribution in [3.63, 3.8) is 0 Å². The van der Waals surface area contributed by atoms with E-state index in [2.05, 4.69) is 0 Å². The molecule has 2 heteroatoms. The molecule has 0 saturated carbocycles. The van der Waals surface area contributed by atoms with E-state index in [-0.39, 0.29) is 0 Å². The highest BCUT2D eigenvalue weighted by molar-refractivity contribution is 5.20. The summed E-state index contributed by atoms with van der Waals surface area (Å²) in [6.07, 6.45) is -0.734. The Hall–Kier alpha value is -1.02. The van der Waals surface area contributed by atoms with E-state index in [4.69, 9.17) is 9.84 Å². The number of aliphatic hydroxyl groups is 1. The highest BCUT2D eigenvalue weighted by Crippen LogP contribution is 2.08. The van der Waals surface area contributed by atoms with Gasteiger partial charge < -0.3 is 9.84 Å². The van der Waals surface area contributed by atoms with Gasteiger partial charge in [-0.25, -0.2) is 0 Å². The molecule has 1 atom stereocenters. The number of para-hydroxylation sites is 1. The highest BCUT2D eigenvalue weighted by atomic mass is 16.6. The van der Waals surface area contributed by atoms with E-state index >= 15 is 0 Å². The Morgan fingerprint density at radius 3 is 2.08 bits per heavy atom. The normalized spacial score (nSPS) is 11.0. The summed E-state index contributed by atoms with van der Waals surface area (Å²) in [5, 5.41) is 8.78. The van der Waals surface area contributed by atoms with Crippen LogP contribution in [0.4, 0.5) is 0 Å². The summed E-state index contributed by atoms with van der Waals surface area (Å²) < 4.78 is 4.97. The largest absolute Gasteiger partial charge is 0.465 e. The van der Waals surface area contributed by atoms with Crippen LogP contribution in [-0.4, -0.2) is 11.4 Å². The summed E-state index contributed by atoms with van der Waals surface area (Å²) in [6.45, 7) is 5.58. The summed E-state index contributed by atoms with van der Waals surface area (Å²) in [7, 11) is 0. The van der Waals surface area contributed by atoms with Crippen LogP contribution >= 0.6 is 0 Å². The van der Waals surface area contributed by atoms with E-state index < -0.39 is 6.29 Å². The Morgan fingerprint density at radius 2 is 1.67 bits per heavy atom. The zero-order valence-electron chi connectivity index (χ0n) is 7.82. The van der Waals surface area contributed by atoms with E-state index in [1.807, 2.05) is 32.0 Å². The van der Waals surface area contributed by atoms with Crippen molar-refractivity contribution in [2.24, 2.45) is 0 Å². The van der Waals surface area contributed by atoms with E-state index in [9.17, 15) is 0 Å². The molecule has 0 fully saturated rings. The van der Waals surface area contributed by atoms with Gasteiger partial charge in [-0.1, -0.05) is 32.0 Å². The Kier molecular flexibility index (Phi) is 6.11. The number of ether oxygens (including phenoxy) is 1. The minimum atomic E-state index is -0.734. The van der Waals surface area contributed by atoms with Crippen molar-refractivity contribution >= 4 is 0 Å². The van der Waals surface area contributed by atoms with Crippen molar-refractivity contribution in [1.82, 2.24) is 0 Å². The first-order valence-corrected chi connectivity index (χ1v) is 4.19. The Bertz CT molecular complexity index is 182. The fourth-order valence-corrected chi connectivity index (χ4v) is 0.696. The molecular formula is C10H16O2. The molecular weight excluding hydrogens is 152 g/mol. The lowest BCUT2D eigenvalue weighted by atomic mass is 10.3. The fourth-order valence-electron chi connectivity index (χ4n) is 0.696. The van der Waals surface area contributed by atoms with Gasteiger partial charge in [-0.2, -0.15) is 0 Å². The van der Waals surface area contributed by atoms with Gasteiger partial charge in [0.05, 0.1) is 0 Å². The average molecular weight is 168 g/mol. The number of hydrogen-bond donors (Lipinski definition) is 1. The van der Waals surface area contributed by atoms with Crippen LogP contribution < -0.4 is 4.74 Å². The molecule has 0 spiro atoms. The second kappa shape index (κ2) is 6.68. The van der Waals surface area contributed by atoms with Crippen molar-refractivity contribution in [2.45, 2.75) is 27.1 Å². The Balaban J connectivity index is 0.000000561. The first kappa shape index (κ1) is 11.0. The monoisotopic (exact) mass is 168 g/mol. The lowest BCUT2D eigenvalue weighted by Crippen LogP contribution is -2.08. The van der Waals surface area contributed by atoms with Gasteiger partial charge in [0, 0.05) is 0 Å². The number of benzene rings is 1. The minimum absolute atomic E-state index is 0.692. The standard InChI is InChI=1S/C8H10O2.C2H6/c1-7(9)10-8-5-3-2-4-6-8;1-2/h2-7,9H,1H3;1-2H3. The second-order valence-electron chi connectivity index (χ2n) is 2.03. The Morgan fingerprint density at radius 1 is 1.17 bits per heavy atom. The molecule has 0 amide bonds. The smallest absolute Gasteiger partial charge is 0.194 e. The Labute approximate surface area is 73.8 Å². The highest BCUT2D eigenvalue weighted by Gasteiger charge is 1.94. The zero-order valence-corrected chi connectivity index (χ0v) is 7.82. The van der Waals surface area contributed by atoms with Gasteiger partial charge in [-0.05, 0) is 19.1 Å². The van der Waals surface area contributed by atoms with E-state index in [0.29, 0.717) is 5.75 Å². The molecule has 0 aliphatic rings. The predicted molar refractivity (Wildman–Crippen MR) is 50.1 cm³/mol. The molecule has 0 aliphatic carbocycles. The average Bonchev–Trinajstić information content (AvgIpc) is 2.08. The summed E-state index contributed by atoms with van der Waals surface area (Å²) in [5.74, 6) is 0.692. The molecule has 1 aromatic rings. The molecule has 12 heavy (non-hydrogen) atoms. The summed E-state index contributed by atoms with van der Waals surface area (Å²) >= 11 is 0. The van der Waals surface area contributed by atoms with Crippen LogP contribution in [-0.2, 0) is 0 Å². The molecule has 1 rings (SSSR count). The third-order valence-electron chi connectivity index (χ3n) is 1.05. The molecule has 2 nitrogen and oxygen atoms in total. The second-order valence-corrected chi connectivity index (χ2v) is 2.03. The molecule has 0 saturated heterocycles. The van der Waals surface area contributed by atoms with Crippen molar-refractivity contribution in [1.29, 1.82) is 0 Å². The summed E-state index contributed by atoms with van der Waals surface area (Å²) in [5.41, 5.74) is 0. The maximum Gasteiger partial charge on any atom is 0.194 e. The lowest BCUT2D eigenvalue weighted by molar-refractivity contribution is -0.000286. The van der Waals surface area contributed by atoms with Crippen molar-refractivity contribution in [3.05, 3.63) is 30.3 Å². The molecule has 1 N–H and O–H groups in total. The topological polar surface area (TPSA) is 29.5 Å². The summed E-state index contributed by atoms with van der Waals surface area (Å²) in [4.78, 5) is 0. The van der Waals surface area contributed by atoms with Crippen LogP contribution in [0.25, 0.3) is 0 Å². The molecule has 1 aromatic carbocycles. The molecule has 0 radical (unpaired) electrons. The van der Waals surface area contributed by atoms with Gasteiger partial charge in [-0.3, -0.25) is 0 Å². The van der Waals surface area contributed by atoms with Crippen LogP contribution in [0.2, 0.25) is 0 Å². The maximum atomic E-state index is 8.78. The van der Waals surface area contributed by atoms with Crippen LogP contribution in [0.5, 0.6) is 5.75 Å². The third-order valence-corrected chi connectivity index (χ3v) is 1.05. The quantitative estimate of drug-likeness (QED) is 0.687. The van der Waals surface area contributed by atoms with Crippen LogP contribution in [0.3, 0.4) is 0 Å². The first-order chi connectivity index (χ1) is 5.79. The molecule has 0 bridgehead atoms. The van der Waals surface area contributed by atoms with Crippen molar-refractivity contribution in [3.8, 4) is 5.75 Å².